The monoisotopic (exact) mass is 214 g/mol. The predicted octanol–water partition coefficient (Wildman–Crippen LogP) is 3.23. The van der Waals surface area contributed by atoms with Gasteiger partial charge < -0.3 is 0 Å². The second-order valence-corrected chi connectivity index (χ2v) is 3.85. The minimum Gasteiger partial charge on any atom is -0.293 e. The van der Waals surface area contributed by atoms with Crippen molar-refractivity contribution in [3.8, 4) is 0 Å². The molecule has 13 heavy (non-hydrogen) atoms. The van der Waals surface area contributed by atoms with E-state index in [4.69, 9.17) is 11.6 Å². The average molecular weight is 215 g/mol. The van der Waals surface area contributed by atoms with Crippen molar-refractivity contribution in [1.29, 1.82) is 0 Å². The summed E-state index contributed by atoms with van der Waals surface area (Å²) in [6, 6.07) is 6.88. The van der Waals surface area contributed by atoms with Crippen molar-refractivity contribution in [3.63, 3.8) is 0 Å². The maximum absolute atomic E-state index is 11.6. The van der Waals surface area contributed by atoms with Gasteiger partial charge in [0, 0.05) is 10.6 Å². The van der Waals surface area contributed by atoms with E-state index in [1.165, 1.54) is 0 Å². The Morgan fingerprint density at radius 3 is 2.46 bits per heavy atom. The molecule has 1 nitrogen and oxygen atoms in total. The van der Waals surface area contributed by atoms with Crippen LogP contribution in [0.4, 0.5) is 0 Å². The van der Waals surface area contributed by atoms with E-state index in [1.54, 1.807) is 24.3 Å². The Bertz CT molecular complexity index is 294. The van der Waals surface area contributed by atoms with E-state index in [0.29, 0.717) is 10.6 Å². The first-order chi connectivity index (χ1) is 6.15. The molecule has 0 aliphatic carbocycles. The molecule has 1 unspecified atom stereocenters. The third-order valence-electron chi connectivity index (χ3n) is 1.82. The van der Waals surface area contributed by atoms with Crippen LogP contribution in [0.5, 0.6) is 0 Å². The number of ketones is 1. The van der Waals surface area contributed by atoms with E-state index in [1.807, 2.05) is 6.92 Å². The Balaban J connectivity index is 2.83. The molecule has 0 amide bonds. The first kappa shape index (κ1) is 10.6. The second-order valence-electron chi connectivity index (χ2n) is 2.80. The zero-order valence-electron chi connectivity index (χ0n) is 7.33. The average Bonchev–Trinajstić information content (AvgIpc) is 2.17. The summed E-state index contributed by atoms with van der Waals surface area (Å²) in [7, 11) is 0. The molecule has 0 saturated carbocycles. The number of Topliss-reactive ketones (excluding diaryl/α,β-unsaturated/α-hetero) is 1. The molecule has 0 aliphatic rings. The number of benzene rings is 1. The van der Waals surface area contributed by atoms with E-state index in [9.17, 15) is 4.79 Å². The highest BCUT2D eigenvalue weighted by Gasteiger charge is 2.13. The SMILES string of the molecule is CCC(S)C(=O)c1ccc(Cl)cc1. The molecule has 0 saturated heterocycles. The van der Waals surface area contributed by atoms with E-state index in [2.05, 4.69) is 12.6 Å². The highest BCUT2D eigenvalue weighted by atomic mass is 35.5. The van der Waals surface area contributed by atoms with Gasteiger partial charge in [-0.1, -0.05) is 18.5 Å². The van der Waals surface area contributed by atoms with Crippen LogP contribution in [0.1, 0.15) is 23.7 Å². The maximum atomic E-state index is 11.6. The maximum Gasteiger partial charge on any atom is 0.175 e. The fourth-order valence-corrected chi connectivity index (χ4v) is 1.27. The number of hydrogen-bond acceptors (Lipinski definition) is 2. The van der Waals surface area contributed by atoms with Gasteiger partial charge in [0.05, 0.1) is 5.25 Å². The molecule has 0 heterocycles. The van der Waals surface area contributed by atoms with Crippen LogP contribution in [0.25, 0.3) is 0 Å². The Labute approximate surface area is 88.5 Å². The summed E-state index contributed by atoms with van der Waals surface area (Å²) in [5.41, 5.74) is 0.672. The third-order valence-corrected chi connectivity index (χ3v) is 2.67. The van der Waals surface area contributed by atoms with Gasteiger partial charge in [-0.2, -0.15) is 12.6 Å². The summed E-state index contributed by atoms with van der Waals surface area (Å²) in [6.45, 7) is 1.94. The molecular formula is C10H11ClOS. The fraction of sp³-hybridized carbons (Fsp3) is 0.300. The molecule has 0 fully saturated rings. The molecule has 0 spiro atoms. The van der Waals surface area contributed by atoms with Crippen LogP contribution < -0.4 is 0 Å². The Kier molecular flexibility index (Phi) is 3.82. The number of hydrogen-bond donors (Lipinski definition) is 1. The summed E-state index contributed by atoms with van der Waals surface area (Å²) in [5, 5.41) is 0.435. The molecular weight excluding hydrogens is 204 g/mol. The number of carbonyl (C=O) groups is 1. The molecule has 1 rings (SSSR count). The Morgan fingerprint density at radius 1 is 1.46 bits per heavy atom. The molecule has 0 aliphatic heterocycles. The smallest absolute Gasteiger partial charge is 0.175 e. The molecule has 70 valence electrons. The lowest BCUT2D eigenvalue weighted by atomic mass is 10.1. The normalized spacial score (nSPS) is 12.5. The lowest BCUT2D eigenvalue weighted by molar-refractivity contribution is 0.0989. The lowest BCUT2D eigenvalue weighted by Gasteiger charge is -2.05. The fourth-order valence-electron chi connectivity index (χ4n) is 0.992. The molecule has 0 radical (unpaired) electrons. The molecule has 1 aromatic carbocycles. The largest absolute Gasteiger partial charge is 0.293 e. The predicted molar refractivity (Wildman–Crippen MR) is 58.8 cm³/mol. The molecule has 0 aromatic heterocycles. The van der Waals surface area contributed by atoms with Gasteiger partial charge in [-0.3, -0.25) is 4.79 Å². The Morgan fingerprint density at radius 2 is 2.00 bits per heavy atom. The van der Waals surface area contributed by atoms with Crippen LogP contribution in [0, 0.1) is 0 Å². The zero-order valence-corrected chi connectivity index (χ0v) is 8.98. The van der Waals surface area contributed by atoms with E-state index in [-0.39, 0.29) is 11.0 Å². The van der Waals surface area contributed by atoms with Gasteiger partial charge in [-0.05, 0) is 30.7 Å². The number of halogens is 1. The first-order valence-corrected chi connectivity index (χ1v) is 5.02. The summed E-state index contributed by atoms with van der Waals surface area (Å²) in [5.74, 6) is 0.0579. The molecule has 1 atom stereocenters. The van der Waals surface area contributed by atoms with E-state index in [0.717, 1.165) is 6.42 Å². The number of carbonyl (C=O) groups excluding carboxylic acids is 1. The van der Waals surface area contributed by atoms with Crippen molar-refractivity contribution in [1.82, 2.24) is 0 Å². The van der Waals surface area contributed by atoms with Crippen molar-refractivity contribution < 1.29 is 4.79 Å². The first-order valence-electron chi connectivity index (χ1n) is 4.13. The standard InChI is InChI=1S/C10H11ClOS/c1-2-9(13)10(12)7-3-5-8(11)6-4-7/h3-6,9,13H,2H2,1H3. The van der Waals surface area contributed by atoms with Crippen molar-refractivity contribution >= 4 is 30.0 Å². The van der Waals surface area contributed by atoms with Crippen LogP contribution in [0.15, 0.2) is 24.3 Å². The van der Waals surface area contributed by atoms with Gasteiger partial charge in [0.1, 0.15) is 0 Å². The zero-order chi connectivity index (χ0) is 9.84. The van der Waals surface area contributed by atoms with Crippen molar-refractivity contribution in [2.24, 2.45) is 0 Å². The van der Waals surface area contributed by atoms with Crippen LogP contribution in [0.3, 0.4) is 0 Å². The minimum atomic E-state index is -0.207. The second kappa shape index (κ2) is 4.68. The van der Waals surface area contributed by atoms with Gasteiger partial charge in [0.15, 0.2) is 5.78 Å². The van der Waals surface area contributed by atoms with Crippen LogP contribution in [0.2, 0.25) is 5.02 Å². The summed E-state index contributed by atoms with van der Waals surface area (Å²) in [6.07, 6.45) is 0.741. The third kappa shape index (κ3) is 2.75. The van der Waals surface area contributed by atoms with Crippen molar-refractivity contribution in [2.45, 2.75) is 18.6 Å². The lowest BCUT2D eigenvalue weighted by Crippen LogP contribution is -2.13. The van der Waals surface area contributed by atoms with Gasteiger partial charge in [-0.25, -0.2) is 0 Å². The molecule has 1 aromatic rings. The number of thiol groups is 1. The quantitative estimate of drug-likeness (QED) is 0.604. The van der Waals surface area contributed by atoms with Crippen molar-refractivity contribution in [3.05, 3.63) is 34.9 Å². The summed E-state index contributed by atoms with van der Waals surface area (Å²) in [4.78, 5) is 11.6. The van der Waals surface area contributed by atoms with Gasteiger partial charge in [-0.15, -0.1) is 0 Å². The van der Waals surface area contributed by atoms with Crippen LogP contribution in [-0.2, 0) is 0 Å². The molecule has 0 N–H and O–H groups in total. The topological polar surface area (TPSA) is 17.1 Å². The summed E-state index contributed by atoms with van der Waals surface area (Å²) < 4.78 is 0. The van der Waals surface area contributed by atoms with Crippen LogP contribution >= 0.6 is 24.2 Å². The van der Waals surface area contributed by atoms with Crippen molar-refractivity contribution in [2.75, 3.05) is 0 Å². The van der Waals surface area contributed by atoms with Gasteiger partial charge in [0.25, 0.3) is 0 Å². The van der Waals surface area contributed by atoms with Gasteiger partial charge >= 0.3 is 0 Å². The molecule has 0 bridgehead atoms. The summed E-state index contributed by atoms with van der Waals surface area (Å²) >= 11 is 9.88. The Hall–Kier alpha value is -0.470. The van der Waals surface area contributed by atoms with E-state index >= 15 is 0 Å². The highest BCUT2D eigenvalue weighted by Crippen LogP contribution is 2.14. The highest BCUT2D eigenvalue weighted by molar-refractivity contribution is 7.81. The van der Waals surface area contributed by atoms with Gasteiger partial charge in [0.2, 0.25) is 0 Å². The van der Waals surface area contributed by atoms with Crippen LogP contribution in [-0.4, -0.2) is 11.0 Å². The molecule has 3 heteroatoms. The van der Waals surface area contributed by atoms with E-state index < -0.39 is 0 Å². The number of rotatable bonds is 3. The minimum absolute atomic E-state index is 0.0579.